The summed E-state index contributed by atoms with van der Waals surface area (Å²) in [4.78, 5) is 4.25. The molecule has 4 N–H and O–H groups in total. The van der Waals surface area contributed by atoms with Gasteiger partial charge in [-0.05, 0) is 37.3 Å². The van der Waals surface area contributed by atoms with Gasteiger partial charge in [0, 0.05) is 29.7 Å². The van der Waals surface area contributed by atoms with Crippen LogP contribution in [0, 0.1) is 5.82 Å². The first kappa shape index (κ1) is 25.0. The molecule has 1 aliphatic heterocycles. The zero-order valence-corrected chi connectivity index (χ0v) is 18.4. The van der Waals surface area contributed by atoms with Crippen LogP contribution in [0.2, 0.25) is 0 Å². The molecule has 0 spiro atoms. The normalized spacial score (nSPS) is 20.8. The van der Waals surface area contributed by atoms with Gasteiger partial charge < -0.3 is 25.8 Å². The Labute approximate surface area is 193 Å². The zero-order chi connectivity index (χ0) is 22.9. The maximum atomic E-state index is 14.6. The van der Waals surface area contributed by atoms with Gasteiger partial charge in [-0.25, -0.2) is 4.39 Å². The van der Waals surface area contributed by atoms with Crippen molar-refractivity contribution in [2.75, 3.05) is 25.0 Å². The Balaban J connectivity index is 0.00000306. The summed E-state index contributed by atoms with van der Waals surface area (Å²) in [6.45, 7) is 1.25. The lowest BCUT2D eigenvalue weighted by Gasteiger charge is -2.38. The average Bonchev–Trinajstić information content (AvgIpc) is 2.73. The van der Waals surface area contributed by atoms with Gasteiger partial charge in [0.15, 0.2) is 6.61 Å². The zero-order valence-electron chi connectivity index (χ0n) is 17.6. The van der Waals surface area contributed by atoms with Crippen LogP contribution < -0.4 is 21.1 Å². The van der Waals surface area contributed by atoms with Gasteiger partial charge in [-0.15, -0.1) is 12.4 Å². The highest BCUT2D eigenvalue weighted by Crippen LogP contribution is 2.34. The summed E-state index contributed by atoms with van der Waals surface area (Å²) in [5.41, 5.74) is 7.01. The van der Waals surface area contributed by atoms with Crippen LogP contribution in [0.1, 0.15) is 12.5 Å². The number of nitrogens with zero attached hydrogens (tertiary/aromatic N) is 1. The number of pyridine rings is 1. The summed E-state index contributed by atoms with van der Waals surface area (Å²) in [7, 11) is 0. The van der Waals surface area contributed by atoms with Crippen LogP contribution in [0.4, 0.5) is 28.9 Å². The fourth-order valence-corrected chi connectivity index (χ4v) is 3.68. The summed E-state index contributed by atoms with van der Waals surface area (Å²) in [6, 6.07) is 11.3. The quantitative estimate of drug-likeness (QED) is 0.457. The highest BCUT2D eigenvalue weighted by molar-refractivity contribution is 5.92. The van der Waals surface area contributed by atoms with E-state index in [4.69, 9.17) is 15.2 Å². The summed E-state index contributed by atoms with van der Waals surface area (Å²) >= 11 is 0. The Kier molecular flexibility index (Phi) is 7.32. The number of halogens is 5. The first-order valence-corrected chi connectivity index (χ1v) is 9.92. The largest absolute Gasteiger partial charge is 0.482 e. The second kappa shape index (κ2) is 9.68. The van der Waals surface area contributed by atoms with Gasteiger partial charge in [0.05, 0.1) is 17.4 Å². The van der Waals surface area contributed by atoms with Gasteiger partial charge >= 0.3 is 6.18 Å². The van der Waals surface area contributed by atoms with E-state index in [1.54, 1.807) is 37.3 Å². The van der Waals surface area contributed by atoms with E-state index in [9.17, 15) is 17.6 Å². The first-order chi connectivity index (χ1) is 15.1. The molecule has 2 atom stereocenters. The van der Waals surface area contributed by atoms with Crippen LogP contribution in [0.15, 0.2) is 48.7 Å². The lowest BCUT2D eigenvalue weighted by molar-refractivity contribution is -0.153. The summed E-state index contributed by atoms with van der Waals surface area (Å²) in [6.07, 6.45) is -3.75. The van der Waals surface area contributed by atoms with Crippen LogP contribution in [0.5, 0.6) is 5.75 Å². The molecule has 1 fully saturated rings. The van der Waals surface area contributed by atoms with Crippen molar-refractivity contribution in [3.63, 3.8) is 0 Å². The minimum Gasteiger partial charge on any atom is -0.482 e. The summed E-state index contributed by atoms with van der Waals surface area (Å²) in [5.74, 6) is -0.404. The van der Waals surface area contributed by atoms with Crippen LogP contribution in [-0.2, 0) is 10.3 Å². The van der Waals surface area contributed by atoms with Crippen molar-refractivity contribution in [3.05, 3.63) is 60.0 Å². The molecule has 0 bridgehead atoms. The molecular formula is C22H23ClF4N4O2. The number of fused-ring (bicyclic) bond motifs is 1. The van der Waals surface area contributed by atoms with Gasteiger partial charge in [-0.3, -0.25) is 4.98 Å². The molecule has 0 aliphatic carbocycles. The maximum absolute atomic E-state index is 14.6. The standard InChI is InChI=1S/C22H22F4N4O2.ClH/c1-21(11-28-10-19(27)32-21)16-8-14(5-6-17(16)23)30-18-4-2-3-13-7-15(9-29-20(13)18)31-12-22(24,25)26;/h2-9,19,28,30H,10-12,27H2,1H3;1H/t19-,21?;/m1./s1. The number of morpholine rings is 1. The highest BCUT2D eigenvalue weighted by atomic mass is 35.5. The second-order valence-electron chi connectivity index (χ2n) is 7.79. The van der Waals surface area contributed by atoms with Crippen molar-refractivity contribution in [3.8, 4) is 5.75 Å². The molecule has 1 aliphatic rings. The van der Waals surface area contributed by atoms with Crippen molar-refractivity contribution in [1.29, 1.82) is 0 Å². The number of benzene rings is 2. The smallest absolute Gasteiger partial charge is 0.422 e. The minimum atomic E-state index is -4.43. The molecule has 178 valence electrons. The molecule has 33 heavy (non-hydrogen) atoms. The van der Waals surface area contributed by atoms with E-state index in [0.717, 1.165) is 0 Å². The maximum Gasteiger partial charge on any atom is 0.422 e. The predicted octanol–water partition coefficient (Wildman–Crippen LogP) is 4.60. The van der Waals surface area contributed by atoms with E-state index in [2.05, 4.69) is 15.6 Å². The third-order valence-electron chi connectivity index (χ3n) is 5.12. The molecule has 11 heteroatoms. The van der Waals surface area contributed by atoms with Crippen LogP contribution in [0.3, 0.4) is 0 Å². The monoisotopic (exact) mass is 486 g/mol. The number of ether oxygens (including phenoxy) is 2. The van der Waals surface area contributed by atoms with E-state index in [1.165, 1.54) is 18.3 Å². The average molecular weight is 487 g/mol. The van der Waals surface area contributed by atoms with Crippen molar-refractivity contribution < 1.29 is 27.0 Å². The number of para-hydroxylation sites is 1. The summed E-state index contributed by atoms with van der Waals surface area (Å²) < 4.78 is 62.4. The van der Waals surface area contributed by atoms with Crippen molar-refractivity contribution in [2.45, 2.75) is 24.9 Å². The Hall–Kier alpha value is -2.66. The number of aromatic nitrogens is 1. The van der Waals surface area contributed by atoms with E-state index in [-0.39, 0.29) is 18.2 Å². The molecule has 6 nitrogen and oxygen atoms in total. The van der Waals surface area contributed by atoms with Crippen molar-refractivity contribution in [1.82, 2.24) is 10.3 Å². The third-order valence-corrected chi connectivity index (χ3v) is 5.12. The third kappa shape index (κ3) is 5.83. The molecule has 1 unspecified atom stereocenters. The topological polar surface area (TPSA) is 81.4 Å². The summed E-state index contributed by atoms with van der Waals surface area (Å²) in [5, 5.41) is 6.93. The molecular weight excluding hydrogens is 464 g/mol. The fourth-order valence-electron chi connectivity index (χ4n) is 3.68. The molecule has 1 aromatic heterocycles. The van der Waals surface area contributed by atoms with E-state index in [0.29, 0.717) is 40.9 Å². The molecule has 0 radical (unpaired) electrons. The highest BCUT2D eigenvalue weighted by Gasteiger charge is 2.35. The van der Waals surface area contributed by atoms with E-state index in [1.807, 2.05) is 0 Å². The second-order valence-corrected chi connectivity index (χ2v) is 7.79. The minimum absolute atomic E-state index is 0. The van der Waals surface area contributed by atoms with Crippen LogP contribution in [-0.4, -0.2) is 37.1 Å². The number of alkyl halides is 3. The number of hydrogen-bond donors (Lipinski definition) is 3. The number of rotatable bonds is 5. The van der Waals surface area contributed by atoms with Gasteiger partial charge in [0.1, 0.15) is 23.4 Å². The lowest BCUT2D eigenvalue weighted by atomic mass is 9.93. The predicted molar refractivity (Wildman–Crippen MR) is 120 cm³/mol. The SMILES string of the molecule is CC1(c2cc(Nc3cccc4cc(OCC(F)(F)F)cnc34)ccc2F)CNC[C@H](N)O1.Cl. The Morgan fingerprint density at radius 2 is 2.06 bits per heavy atom. The number of nitrogens with one attached hydrogen (secondary N) is 2. The van der Waals surface area contributed by atoms with E-state index < -0.39 is 30.4 Å². The van der Waals surface area contributed by atoms with Crippen molar-refractivity contribution in [2.24, 2.45) is 5.73 Å². The van der Waals surface area contributed by atoms with Crippen molar-refractivity contribution >= 4 is 34.7 Å². The Morgan fingerprint density at radius 3 is 2.79 bits per heavy atom. The Morgan fingerprint density at radius 1 is 1.27 bits per heavy atom. The van der Waals surface area contributed by atoms with Gasteiger partial charge in [-0.1, -0.05) is 12.1 Å². The van der Waals surface area contributed by atoms with Crippen LogP contribution >= 0.6 is 12.4 Å². The molecule has 4 rings (SSSR count). The Bertz CT molecular complexity index is 1130. The molecule has 0 amide bonds. The molecule has 0 saturated carbocycles. The molecule has 3 aromatic rings. The molecule has 2 heterocycles. The first-order valence-electron chi connectivity index (χ1n) is 9.92. The van der Waals surface area contributed by atoms with E-state index >= 15 is 0 Å². The number of anilines is 2. The fraction of sp³-hybridized carbons (Fsp3) is 0.318. The molecule has 1 saturated heterocycles. The number of hydrogen-bond acceptors (Lipinski definition) is 6. The number of nitrogens with two attached hydrogens (primary N) is 1. The molecule has 2 aromatic carbocycles. The van der Waals surface area contributed by atoms with Gasteiger partial charge in [0.2, 0.25) is 0 Å². The van der Waals surface area contributed by atoms with Gasteiger partial charge in [-0.2, -0.15) is 13.2 Å². The lowest BCUT2D eigenvalue weighted by Crippen LogP contribution is -2.53. The van der Waals surface area contributed by atoms with Gasteiger partial charge in [0.25, 0.3) is 0 Å². The van der Waals surface area contributed by atoms with Crippen LogP contribution in [0.25, 0.3) is 10.9 Å².